The molecule has 0 aliphatic carbocycles. The summed E-state index contributed by atoms with van der Waals surface area (Å²) in [5.74, 6) is 1.56. The normalized spacial score (nSPS) is 15.9. The van der Waals surface area contributed by atoms with Gasteiger partial charge in [-0.15, -0.1) is 24.8 Å². The lowest BCUT2D eigenvalue weighted by atomic mass is 9.86. The van der Waals surface area contributed by atoms with Gasteiger partial charge in [0, 0.05) is 43.0 Å². The van der Waals surface area contributed by atoms with Crippen molar-refractivity contribution in [1.29, 1.82) is 0 Å². The van der Waals surface area contributed by atoms with Crippen LogP contribution >= 0.6 is 24.8 Å². The van der Waals surface area contributed by atoms with Crippen LogP contribution in [0.25, 0.3) is 0 Å². The Bertz CT molecular complexity index is 578. The average molecular weight is 422 g/mol. The van der Waals surface area contributed by atoms with Gasteiger partial charge in [-0.05, 0) is 18.3 Å². The molecule has 0 radical (unpaired) electrons. The first-order chi connectivity index (χ1) is 11.7. The molecule has 3 N–H and O–H groups in total. The van der Waals surface area contributed by atoms with E-state index in [4.69, 9.17) is 15.2 Å². The van der Waals surface area contributed by atoms with Crippen molar-refractivity contribution < 1.29 is 14.3 Å². The van der Waals surface area contributed by atoms with Gasteiger partial charge in [0.1, 0.15) is 11.5 Å². The van der Waals surface area contributed by atoms with Gasteiger partial charge >= 0.3 is 0 Å². The molecule has 0 aromatic heterocycles. The van der Waals surface area contributed by atoms with E-state index in [9.17, 15) is 4.79 Å². The van der Waals surface area contributed by atoms with Crippen molar-refractivity contribution >= 4 is 36.4 Å². The van der Waals surface area contributed by atoms with E-state index in [0.29, 0.717) is 6.04 Å². The van der Waals surface area contributed by atoms with Gasteiger partial charge in [0.2, 0.25) is 5.91 Å². The molecule has 0 spiro atoms. The maximum atomic E-state index is 12.5. The second-order valence-electron chi connectivity index (χ2n) is 7.69. The highest BCUT2D eigenvalue weighted by Gasteiger charge is 2.32. The van der Waals surface area contributed by atoms with Crippen LogP contribution in [0.1, 0.15) is 33.6 Å². The third kappa shape index (κ3) is 6.94. The molecule has 156 valence electrons. The molecule has 1 aromatic rings. The molecule has 1 saturated heterocycles. The van der Waals surface area contributed by atoms with E-state index in [0.717, 1.165) is 43.1 Å². The summed E-state index contributed by atoms with van der Waals surface area (Å²) in [7, 11) is 3.28. The number of benzene rings is 1. The topological polar surface area (TPSA) is 76.8 Å². The molecule has 1 fully saturated rings. The molecule has 1 aliphatic rings. The summed E-state index contributed by atoms with van der Waals surface area (Å²) >= 11 is 0. The van der Waals surface area contributed by atoms with E-state index in [-0.39, 0.29) is 36.1 Å². The highest BCUT2D eigenvalue weighted by Crippen LogP contribution is 2.28. The maximum Gasteiger partial charge on any atom is 0.240 e. The van der Waals surface area contributed by atoms with Crippen molar-refractivity contribution in [2.24, 2.45) is 11.1 Å². The van der Waals surface area contributed by atoms with Gasteiger partial charge in [0.25, 0.3) is 0 Å². The predicted octanol–water partition coefficient (Wildman–Crippen LogP) is 3.32. The van der Waals surface area contributed by atoms with Gasteiger partial charge < -0.3 is 25.4 Å². The summed E-state index contributed by atoms with van der Waals surface area (Å²) in [6, 6.07) is 5.61. The van der Waals surface area contributed by atoms with E-state index in [2.05, 4.69) is 5.32 Å². The Balaban J connectivity index is 0.00000338. The van der Waals surface area contributed by atoms with Crippen LogP contribution in [0, 0.1) is 5.41 Å². The monoisotopic (exact) mass is 421 g/mol. The molecule has 2 rings (SSSR count). The Hall–Kier alpha value is -1.37. The number of methoxy groups -OCH3 is 2. The number of hydrogen-bond acceptors (Lipinski definition) is 5. The molecule has 0 unspecified atom stereocenters. The minimum Gasteiger partial charge on any atom is -0.497 e. The SMILES string of the molecule is COc1cc(NC2CCN(C(=O)[C@@H](N)C(C)(C)C)CC2)cc(OC)c1.Cl.Cl. The van der Waals surface area contributed by atoms with Crippen LogP contribution in [0.3, 0.4) is 0 Å². The van der Waals surface area contributed by atoms with E-state index < -0.39 is 6.04 Å². The minimum absolute atomic E-state index is 0. The van der Waals surface area contributed by atoms with Crippen LogP contribution in [0.2, 0.25) is 0 Å². The fourth-order valence-electron chi connectivity index (χ4n) is 2.94. The smallest absolute Gasteiger partial charge is 0.240 e. The van der Waals surface area contributed by atoms with Crippen molar-refractivity contribution in [2.45, 2.75) is 45.7 Å². The number of likely N-dealkylation sites (tertiary alicyclic amines) is 1. The number of anilines is 1. The van der Waals surface area contributed by atoms with Crippen molar-refractivity contribution in [3.05, 3.63) is 18.2 Å². The second-order valence-corrected chi connectivity index (χ2v) is 7.69. The lowest BCUT2D eigenvalue weighted by Crippen LogP contribution is -2.53. The lowest BCUT2D eigenvalue weighted by molar-refractivity contribution is -0.135. The number of ether oxygens (including phenoxy) is 2. The summed E-state index contributed by atoms with van der Waals surface area (Å²) < 4.78 is 10.6. The fourth-order valence-corrected chi connectivity index (χ4v) is 2.94. The van der Waals surface area contributed by atoms with Gasteiger partial charge in [-0.3, -0.25) is 4.79 Å². The van der Waals surface area contributed by atoms with Crippen molar-refractivity contribution in [2.75, 3.05) is 32.6 Å². The first-order valence-corrected chi connectivity index (χ1v) is 8.78. The first kappa shape index (κ1) is 25.6. The molecular formula is C19H33Cl2N3O3. The van der Waals surface area contributed by atoms with E-state index in [1.165, 1.54) is 0 Å². The third-order valence-electron chi connectivity index (χ3n) is 4.73. The van der Waals surface area contributed by atoms with Crippen molar-refractivity contribution in [1.82, 2.24) is 4.90 Å². The number of hydrogen-bond donors (Lipinski definition) is 2. The number of piperidine rings is 1. The molecule has 1 heterocycles. The van der Waals surface area contributed by atoms with Gasteiger partial charge in [0.15, 0.2) is 0 Å². The number of nitrogens with one attached hydrogen (secondary N) is 1. The second kappa shape index (κ2) is 10.8. The maximum absolute atomic E-state index is 12.5. The van der Waals surface area contributed by atoms with Crippen LogP contribution in [0.15, 0.2) is 18.2 Å². The van der Waals surface area contributed by atoms with Gasteiger partial charge in [-0.1, -0.05) is 20.8 Å². The van der Waals surface area contributed by atoms with Crippen LogP contribution < -0.4 is 20.5 Å². The van der Waals surface area contributed by atoms with Crippen LogP contribution in [-0.2, 0) is 4.79 Å². The number of carbonyl (C=O) groups is 1. The zero-order chi connectivity index (χ0) is 18.6. The highest BCUT2D eigenvalue weighted by atomic mass is 35.5. The summed E-state index contributed by atoms with van der Waals surface area (Å²) in [6.45, 7) is 7.45. The summed E-state index contributed by atoms with van der Waals surface area (Å²) in [5.41, 5.74) is 6.86. The Labute approximate surface area is 175 Å². The van der Waals surface area contributed by atoms with Gasteiger partial charge in [-0.2, -0.15) is 0 Å². The number of nitrogens with two attached hydrogens (primary N) is 1. The number of rotatable bonds is 5. The number of nitrogens with zero attached hydrogens (tertiary/aromatic N) is 1. The quantitative estimate of drug-likeness (QED) is 0.761. The number of carbonyl (C=O) groups excluding carboxylic acids is 1. The van der Waals surface area contributed by atoms with Crippen LogP contribution in [0.4, 0.5) is 5.69 Å². The molecule has 1 atom stereocenters. The Kier molecular flexibility index (Phi) is 10.3. The largest absolute Gasteiger partial charge is 0.497 e. The Morgan fingerprint density at radius 2 is 1.59 bits per heavy atom. The number of halogens is 2. The molecule has 1 amide bonds. The van der Waals surface area contributed by atoms with Gasteiger partial charge in [0.05, 0.1) is 20.3 Å². The standard InChI is InChI=1S/C19H31N3O3.2ClH/c1-19(2,3)17(20)18(23)22-8-6-13(7-9-22)21-14-10-15(24-4)12-16(11-14)25-5;;/h10-13,17,21H,6-9,20H2,1-5H3;2*1H/t17-;;/m1../s1. The van der Waals surface area contributed by atoms with Crippen molar-refractivity contribution in [3.8, 4) is 11.5 Å². The van der Waals surface area contributed by atoms with E-state index in [1.807, 2.05) is 43.9 Å². The molecule has 0 saturated carbocycles. The van der Waals surface area contributed by atoms with E-state index in [1.54, 1.807) is 14.2 Å². The summed E-state index contributed by atoms with van der Waals surface area (Å²) in [5, 5.41) is 3.52. The highest BCUT2D eigenvalue weighted by molar-refractivity contribution is 5.85. The zero-order valence-corrected chi connectivity index (χ0v) is 18.4. The van der Waals surface area contributed by atoms with Crippen LogP contribution in [0.5, 0.6) is 11.5 Å². The average Bonchev–Trinajstić information content (AvgIpc) is 2.59. The van der Waals surface area contributed by atoms with Crippen LogP contribution in [-0.4, -0.2) is 50.2 Å². The fraction of sp³-hybridized carbons (Fsp3) is 0.632. The zero-order valence-electron chi connectivity index (χ0n) is 16.8. The third-order valence-corrected chi connectivity index (χ3v) is 4.73. The number of amides is 1. The Morgan fingerprint density at radius 3 is 2.00 bits per heavy atom. The molecule has 1 aromatic carbocycles. The minimum atomic E-state index is -0.459. The van der Waals surface area contributed by atoms with Gasteiger partial charge in [-0.25, -0.2) is 0 Å². The van der Waals surface area contributed by atoms with E-state index >= 15 is 0 Å². The molecule has 0 bridgehead atoms. The molecular weight excluding hydrogens is 389 g/mol. The first-order valence-electron chi connectivity index (χ1n) is 8.78. The molecule has 27 heavy (non-hydrogen) atoms. The van der Waals surface area contributed by atoms with Crippen molar-refractivity contribution in [3.63, 3.8) is 0 Å². The lowest BCUT2D eigenvalue weighted by Gasteiger charge is -2.37. The Morgan fingerprint density at radius 1 is 1.11 bits per heavy atom. The predicted molar refractivity (Wildman–Crippen MR) is 115 cm³/mol. The molecule has 6 nitrogen and oxygen atoms in total. The molecule has 1 aliphatic heterocycles. The molecule has 8 heteroatoms. The summed E-state index contributed by atoms with van der Waals surface area (Å²) in [4.78, 5) is 14.4. The summed E-state index contributed by atoms with van der Waals surface area (Å²) in [6.07, 6.45) is 1.78.